The molecule has 218 valence electrons. The van der Waals surface area contributed by atoms with Gasteiger partial charge in [0.25, 0.3) is 0 Å². The molecule has 1 aliphatic heterocycles. The predicted molar refractivity (Wildman–Crippen MR) is 161 cm³/mol. The molecule has 1 aromatic heterocycles. The smallest absolute Gasteiger partial charge is 0.324 e. The SMILES string of the molecule is CN(CCc1ccc(NC(=O)Nc2cccnc2N2CC(C)(C)c3ccccc32)cc1)Cc1cccc(C(F)(F)F)c1. The predicted octanol–water partition coefficient (Wildman–Crippen LogP) is 7.85. The normalized spacial score (nSPS) is 14.1. The average Bonchev–Trinajstić information content (AvgIpc) is 3.23. The molecule has 0 aliphatic carbocycles. The maximum atomic E-state index is 13.0. The summed E-state index contributed by atoms with van der Waals surface area (Å²) < 4.78 is 39.0. The number of fused-ring (bicyclic) bond motifs is 1. The van der Waals surface area contributed by atoms with Crippen molar-refractivity contribution in [3.8, 4) is 0 Å². The van der Waals surface area contributed by atoms with Crippen LogP contribution < -0.4 is 15.5 Å². The maximum absolute atomic E-state index is 13.0. The molecular weight excluding hydrogens is 539 g/mol. The lowest BCUT2D eigenvalue weighted by Gasteiger charge is -2.23. The van der Waals surface area contributed by atoms with Crippen molar-refractivity contribution in [3.63, 3.8) is 0 Å². The van der Waals surface area contributed by atoms with Crippen LogP contribution in [0.15, 0.2) is 91.1 Å². The van der Waals surface area contributed by atoms with Crippen molar-refractivity contribution in [2.75, 3.05) is 35.7 Å². The maximum Gasteiger partial charge on any atom is 0.416 e. The summed E-state index contributed by atoms with van der Waals surface area (Å²) in [5, 5.41) is 5.84. The van der Waals surface area contributed by atoms with Gasteiger partial charge in [0, 0.05) is 42.6 Å². The Hall–Kier alpha value is -4.37. The first-order valence-electron chi connectivity index (χ1n) is 13.8. The number of likely N-dealkylation sites (N-methyl/N-ethyl adjacent to an activating group) is 1. The standard InChI is InChI=1S/C33H34F3N5O/c1-32(2)22-41(29-12-5-4-10-27(29)32)30-28(11-7-18-37-30)39-31(42)38-26-15-13-23(14-16-26)17-19-40(3)21-24-8-6-9-25(20-24)33(34,35)36/h4-16,18,20H,17,19,21-22H2,1-3H3,(H2,38,39,42). The number of nitrogens with one attached hydrogen (secondary N) is 2. The molecule has 0 saturated heterocycles. The minimum atomic E-state index is -4.35. The van der Waals surface area contributed by atoms with E-state index in [-0.39, 0.29) is 11.4 Å². The minimum Gasteiger partial charge on any atom is -0.324 e. The molecule has 5 rings (SSSR count). The molecule has 4 aromatic rings. The van der Waals surface area contributed by atoms with Crippen molar-refractivity contribution in [1.82, 2.24) is 9.88 Å². The second-order valence-corrected chi connectivity index (χ2v) is 11.3. The Morgan fingerprint density at radius 1 is 0.952 bits per heavy atom. The first-order chi connectivity index (χ1) is 20.0. The van der Waals surface area contributed by atoms with E-state index in [0.717, 1.165) is 23.9 Å². The minimum absolute atomic E-state index is 0.0532. The summed E-state index contributed by atoms with van der Waals surface area (Å²) in [5.41, 5.74) is 4.57. The van der Waals surface area contributed by atoms with Crippen LogP contribution in [0.3, 0.4) is 0 Å². The van der Waals surface area contributed by atoms with Crippen LogP contribution in [-0.4, -0.2) is 36.1 Å². The zero-order chi connectivity index (χ0) is 29.9. The number of hydrogen-bond acceptors (Lipinski definition) is 4. The van der Waals surface area contributed by atoms with Crippen LogP contribution in [-0.2, 0) is 24.6 Å². The number of carbonyl (C=O) groups excluding carboxylic acids is 1. The number of amides is 2. The fourth-order valence-corrected chi connectivity index (χ4v) is 5.34. The first-order valence-corrected chi connectivity index (χ1v) is 13.8. The fraction of sp³-hybridized carbons (Fsp3) is 0.273. The summed E-state index contributed by atoms with van der Waals surface area (Å²) in [6, 6.07) is 24.5. The molecule has 0 fully saturated rings. The number of pyridine rings is 1. The van der Waals surface area contributed by atoms with Crippen molar-refractivity contribution in [2.24, 2.45) is 0 Å². The first kappa shape index (κ1) is 29.1. The van der Waals surface area contributed by atoms with E-state index in [2.05, 4.69) is 46.5 Å². The number of aromatic nitrogens is 1. The van der Waals surface area contributed by atoms with Gasteiger partial charge in [-0.3, -0.25) is 0 Å². The summed E-state index contributed by atoms with van der Waals surface area (Å²) in [5.74, 6) is 0.690. The summed E-state index contributed by atoms with van der Waals surface area (Å²) >= 11 is 0. The third-order valence-electron chi connectivity index (χ3n) is 7.47. The van der Waals surface area contributed by atoms with Crippen LogP contribution in [0.2, 0.25) is 0 Å². The van der Waals surface area contributed by atoms with E-state index in [0.29, 0.717) is 42.3 Å². The fourth-order valence-electron chi connectivity index (χ4n) is 5.34. The molecule has 9 heteroatoms. The molecule has 1 aliphatic rings. The van der Waals surface area contributed by atoms with Crippen LogP contribution in [0.1, 0.15) is 36.1 Å². The van der Waals surface area contributed by atoms with Crippen LogP contribution in [0.4, 0.5) is 40.8 Å². The summed E-state index contributed by atoms with van der Waals surface area (Å²) in [7, 11) is 1.88. The van der Waals surface area contributed by atoms with E-state index in [1.165, 1.54) is 17.7 Å². The molecule has 0 atom stereocenters. The number of halogens is 3. The number of nitrogens with zero attached hydrogens (tertiary/aromatic N) is 3. The Balaban J connectivity index is 1.16. The third-order valence-corrected chi connectivity index (χ3v) is 7.47. The highest BCUT2D eigenvalue weighted by Gasteiger charge is 2.36. The van der Waals surface area contributed by atoms with Gasteiger partial charge in [-0.1, -0.05) is 62.4 Å². The van der Waals surface area contributed by atoms with Crippen LogP contribution in [0.25, 0.3) is 0 Å². The monoisotopic (exact) mass is 573 g/mol. The van der Waals surface area contributed by atoms with E-state index >= 15 is 0 Å². The van der Waals surface area contributed by atoms with Gasteiger partial charge < -0.3 is 20.4 Å². The quantitative estimate of drug-likeness (QED) is 0.225. The van der Waals surface area contributed by atoms with Crippen molar-refractivity contribution < 1.29 is 18.0 Å². The zero-order valence-electron chi connectivity index (χ0n) is 23.9. The molecule has 6 nitrogen and oxygen atoms in total. The van der Waals surface area contributed by atoms with Crippen molar-refractivity contribution >= 4 is 28.9 Å². The molecule has 0 radical (unpaired) electrons. The van der Waals surface area contributed by atoms with Crippen molar-refractivity contribution in [2.45, 2.75) is 38.4 Å². The van der Waals surface area contributed by atoms with Gasteiger partial charge in [0.05, 0.1) is 11.3 Å². The third kappa shape index (κ3) is 6.74. The molecular formula is C33H34F3N5O. The molecule has 3 aromatic carbocycles. The van der Waals surface area contributed by atoms with Gasteiger partial charge >= 0.3 is 12.2 Å². The van der Waals surface area contributed by atoms with E-state index < -0.39 is 11.7 Å². The van der Waals surface area contributed by atoms with Crippen LogP contribution in [0.5, 0.6) is 0 Å². The van der Waals surface area contributed by atoms with E-state index in [1.54, 1.807) is 18.3 Å². The summed E-state index contributed by atoms with van der Waals surface area (Å²) in [6.45, 7) is 6.24. The highest BCUT2D eigenvalue weighted by Crippen LogP contribution is 2.45. The van der Waals surface area contributed by atoms with Crippen LogP contribution in [0, 0.1) is 0 Å². The molecule has 2 heterocycles. The molecule has 0 bridgehead atoms. The van der Waals surface area contributed by atoms with Gasteiger partial charge in [0.15, 0.2) is 5.82 Å². The van der Waals surface area contributed by atoms with Gasteiger partial charge in [-0.05, 0) is 66.6 Å². The van der Waals surface area contributed by atoms with E-state index in [1.807, 2.05) is 54.4 Å². The lowest BCUT2D eigenvalue weighted by Crippen LogP contribution is -2.27. The Morgan fingerprint density at radius 3 is 2.48 bits per heavy atom. The average molecular weight is 574 g/mol. The Labute approximate surface area is 244 Å². The lowest BCUT2D eigenvalue weighted by atomic mass is 9.87. The molecule has 2 N–H and O–H groups in total. The highest BCUT2D eigenvalue weighted by molar-refractivity contribution is 6.02. The molecule has 42 heavy (non-hydrogen) atoms. The van der Waals surface area contributed by atoms with Crippen molar-refractivity contribution in [1.29, 1.82) is 0 Å². The van der Waals surface area contributed by atoms with E-state index in [4.69, 9.17) is 0 Å². The van der Waals surface area contributed by atoms with Gasteiger partial charge in [-0.15, -0.1) is 0 Å². The highest BCUT2D eigenvalue weighted by atomic mass is 19.4. The van der Waals surface area contributed by atoms with Gasteiger partial charge in [0.2, 0.25) is 0 Å². The Morgan fingerprint density at radius 2 is 1.71 bits per heavy atom. The number of para-hydroxylation sites is 1. The van der Waals surface area contributed by atoms with E-state index in [9.17, 15) is 18.0 Å². The number of rotatable bonds is 8. The van der Waals surface area contributed by atoms with Crippen molar-refractivity contribution in [3.05, 3.63) is 113 Å². The number of carbonyl (C=O) groups is 1. The Bertz CT molecular complexity index is 1550. The largest absolute Gasteiger partial charge is 0.416 e. The molecule has 0 spiro atoms. The van der Waals surface area contributed by atoms with Crippen LogP contribution >= 0.6 is 0 Å². The number of benzene rings is 3. The number of hydrogen-bond donors (Lipinski definition) is 2. The number of alkyl halides is 3. The van der Waals surface area contributed by atoms with Gasteiger partial charge in [0.1, 0.15) is 0 Å². The zero-order valence-corrected chi connectivity index (χ0v) is 23.9. The molecule has 0 saturated carbocycles. The number of urea groups is 1. The number of anilines is 4. The molecule has 0 unspecified atom stereocenters. The summed E-state index contributed by atoms with van der Waals surface area (Å²) in [6.07, 6.45) is -1.91. The lowest BCUT2D eigenvalue weighted by molar-refractivity contribution is -0.137. The van der Waals surface area contributed by atoms with Gasteiger partial charge in [-0.25, -0.2) is 9.78 Å². The second kappa shape index (κ2) is 11.9. The summed E-state index contributed by atoms with van der Waals surface area (Å²) in [4.78, 5) is 21.7. The van der Waals surface area contributed by atoms with Gasteiger partial charge in [-0.2, -0.15) is 13.2 Å². The molecule has 2 amide bonds. The topological polar surface area (TPSA) is 60.5 Å². The second-order valence-electron chi connectivity index (χ2n) is 11.3. The Kier molecular flexibility index (Phi) is 8.22.